The highest BCUT2D eigenvalue weighted by Gasteiger charge is 2.10. The standard InChI is InChI=1S/C7H10N2O2/c1-11-4-6(3-10)7-2-8-5-9-7/h2-3,5-6H,4H2,1H3,(H,8,9). The molecule has 1 aromatic rings. The number of ether oxygens (including phenoxy) is 1. The van der Waals surface area contributed by atoms with Gasteiger partial charge >= 0.3 is 0 Å². The van der Waals surface area contributed by atoms with Crippen LogP contribution in [0.5, 0.6) is 0 Å². The summed E-state index contributed by atoms with van der Waals surface area (Å²) in [4.78, 5) is 17.1. The fourth-order valence-corrected chi connectivity index (χ4v) is 0.851. The van der Waals surface area contributed by atoms with E-state index in [9.17, 15) is 4.79 Å². The molecule has 11 heavy (non-hydrogen) atoms. The van der Waals surface area contributed by atoms with Crippen molar-refractivity contribution >= 4 is 6.29 Å². The number of methoxy groups -OCH3 is 1. The summed E-state index contributed by atoms with van der Waals surface area (Å²) in [6.45, 7) is 0.395. The van der Waals surface area contributed by atoms with Gasteiger partial charge in [-0.2, -0.15) is 0 Å². The minimum Gasteiger partial charge on any atom is -0.384 e. The number of carbonyl (C=O) groups is 1. The third-order valence-electron chi connectivity index (χ3n) is 1.43. The third kappa shape index (κ3) is 1.88. The summed E-state index contributed by atoms with van der Waals surface area (Å²) in [5.74, 6) is -0.220. The molecule has 0 spiro atoms. The molecule has 60 valence electrons. The number of aldehydes is 1. The number of hydrogen-bond donors (Lipinski definition) is 1. The van der Waals surface area contributed by atoms with E-state index in [0.29, 0.717) is 6.61 Å². The molecule has 0 fully saturated rings. The van der Waals surface area contributed by atoms with Gasteiger partial charge < -0.3 is 14.5 Å². The van der Waals surface area contributed by atoms with Crippen LogP contribution in [0.25, 0.3) is 0 Å². The monoisotopic (exact) mass is 154 g/mol. The van der Waals surface area contributed by atoms with Crippen LogP contribution in [0, 0.1) is 0 Å². The summed E-state index contributed by atoms with van der Waals surface area (Å²) in [5.41, 5.74) is 0.793. The lowest BCUT2D eigenvalue weighted by Gasteiger charge is -2.04. The average Bonchev–Trinajstić information content (AvgIpc) is 2.52. The lowest BCUT2D eigenvalue weighted by atomic mass is 10.1. The summed E-state index contributed by atoms with van der Waals surface area (Å²) in [6, 6.07) is 0. The van der Waals surface area contributed by atoms with Gasteiger partial charge in [-0.05, 0) is 0 Å². The van der Waals surface area contributed by atoms with E-state index in [2.05, 4.69) is 9.97 Å². The van der Waals surface area contributed by atoms with E-state index in [4.69, 9.17) is 4.74 Å². The highest BCUT2D eigenvalue weighted by atomic mass is 16.5. The first-order chi connectivity index (χ1) is 5.38. The number of rotatable bonds is 4. The zero-order valence-electron chi connectivity index (χ0n) is 6.28. The molecule has 4 nitrogen and oxygen atoms in total. The second-order valence-corrected chi connectivity index (χ2v) is 2.20. The van der Waals surface area contributed by atoms with Crippen LogP contribution < -0.4 is 0 Å². The first-order valence-corrected chi connectivity index (χ1v) is 3.31. The molecule has 0 amide bonds. The molecule has 0 saturated heterocycles. The average molecular weight is 154 g/mol. The molecule has 1 heterocycles. The fraction of sp³-hybridized carbons (Fsp3) is 0.429. The van der Waals surface area contributed by atoms with Gasteiger partial charge in [-0.15, -0.1) is 0 Å². The van der Waals surface area contributed by atoms with E-state index < -0.39 is 0 Å². The van der Waals surface area contributed by atoms with E-state index >= 15 is 0 Å². The first kappa shape index (κ1) is 7.94. The van der Waals surface area contributed by atoms with Gasteiger partial charge in [0.2, 0.25) is 0 Å². The summed E-state index contributed by atoms with van der Waals surface area (Å²) in [7, 11) is 1.56. The maximum Gasteiger partial charge on any atom is 0.131 e. The quantitative estimate of drug-likeness (QED) is 0.636. The van der Waals surface area contributed by atoms with Crippen molar-refractivity contribution in [2.45, 2.75) is 5.92 Å². The van der Waals surface area contributed by atoms with E-state index in [1.54, 1.807) is 19.6 Å². The van der Waals surface area contributed by atoms with Gasteiger partial charge in [-0.25, -0.2) is 4.98 Å². The van der Waals surface area contributed by atoms with Crippen molar-refractivity contribution < 1.29 is 9.53 Å². The van der Waals surface area contributed by atoms with Crippen molar-refractivity contribution in [3.05, 3.63) is 18.2 Å². The molecule has 1 N–H and O–H groups in total. The van der Waals surface area contributed by atoms with Crippen LogP contribution in [0.2, 0.25) is 0 Å². The van der Waals surface area contributed by atoms with E-state index in [0.717, 1.165) is 12.0 Å². The van der Waals surface area contributed by atoms with Gasteiger partial charge in [-0.3, -0.25) is 0 Å². The zero-order valence-corrected chi connectivity index (χ0v) is 6.28. The molecule has 0 aromatic carbocycles. The predicted octanol–water partition coefficient (Wildman–Crippen LogP) is 0.339. The van der Waals surface area contributed by atoms with Gasteiger partial charge in [0.15, 0.2) is 0 Å². The lowest BCUT2D eigenvalue weighted by molar-refractivity contribution is -0.110. The minimum atomic E-state index is -0.220. The van der Waals surface area contributed by atoms with Crippen LogP contribution in [0.3, 0.4) is 0 Å². The molecule has 0 aliphatic heterocycles. The summed E-state index contributed by atoms with van der Waals surface area (Å²) in [5, 5.41) is 0. The molecule has 0 saturated carbocycles. The zero-order chi connectivity index (χ0) is 8.10. The van der Waals surface area contributed by atoms with Gasteiger partial charge in [0.1, 0.15) is 6.29 Å². The van der Waals surface area contributed by atoms with E-state index in [-0.39, 0.29) is 5.92 Å². The van der Waals surface area contributed by atoms with E-state index in [1.807, 2.05) is 0 Å². The van der Waals surface area contributed by atoms with Gasteiger partial charge in [-0.1, -0.05) is 0 Å². The van der Waals surface area contributed by atoms with Gasteiger partial charge in [0.25, 0.3) is 0 Å². The normalized spacial score (nSPS) is 12.8. The van der Waals surface area contributed by atoms with Crippen LogP contribution in [-0.2, 0) is 9.53 Å². The Morgan fingerprint density at radius 2 is 2.73 bits per heavy atom. The Bertz CT molecular complexity index is 208. The maximum atomic E-state index is 10.5. The number of nitrogens with one attached hydrogen (secondary N) is 1. The number of aromatic amines is 1. The second kappa shape index (κ2) is 3.88. The Kier molecular flexibility index (Phi) is 2.80. The van der Waals surface area contributed by atoms with Crippen LogP contribution in [0.15, 0.2) is 12.5 Å². The van der Waals surface area contributed by atoms with Crippen LogP contribution in [0.1, 0.15) is 11.6 Å². The fourth-order valence-electron chi connectivity index (χ4n) is 0.851. The van der Waals surface area contributed by atoms with Crippen molar-refractivity contribution in [3.8, 4) is 0 Å². The number of nitrogens with zero attached hydrogens (tertiary/aromatic N) is 1. The Morgan fingerprint density at radius 3 is 3.18 bits per heavy atom. The molecule has 1 unspecified atom stereocenters. The molecule has 0 bridgehead atoms. The molecule has 0 aliphatic rings. The largest absolute Gasteiger partial charge is 0.384 e. The Labute approximate surface area is 64.6 Å². The molecule has 0 radical (unpaired) electrons. The second-order valence-electron chi connectivity index (χ2n) is 2.20. The predicted molar refractivity (Wildman–Crippen MR) is 39.3 cm³/mol. The van der Waals surface area contributed by atoms with E-state index in [1.165, 1.54) is 0 Å². The first-order valence-electron chi connectivity index (χ1n) is 3.31. The molecule has 1 atom stereocenters. The molecule has 0 aliphatic carbocycles. The molecular weight excluding hydrogens is 144 g/mol. The maximum absolute atomic E-state index is 10.5. The third-order valence-corrected chi connectivity index (χ3v) is 1.43. The van der Waals surface area contributed by atoms with Crippen molar-refractivity contribution in [2.24, 2.45) is 0 Å². The van der Waals surface area contributed by atoms with Gasteiger partial charge in [0.05, 0.1) is 18.9 Å². The van der Waals surface area contributed by atoms with Gasteiger partial charge in [0, 0.05) is 19.0 Å². The Morgan fingerprint density at radius 1 is 1.91 bits per heavy atom. The molecule has 1 rings (SSSR count). The van der Waals surface area contributed by atoms with Crippen molar-refractivity contribution in [1.82, 2.24) is 9.97 Å². The van der Waals surface area contributed by atoms with Crippen molar-refractivity contribution in [2.75, 3.05) is 13.7 Å². The minimum absolute atomic E-state index is 0.220. The number of hydrogen-bond acceptors (Lipinski definition) is 3. The SMILES string of the molecule is COCC(C=O)c1cnc[nH]1. The number of aromatic nitrogens is 2. The van der Waals surface area contributed by atoms with Crippen LogP contribution in [0.4, 0.5) is 0 Å². The molecular formula is C7H10N2O2. The van der Waals surface area contributed by atoms with Crippen molar-refractivity contribution in [1.29, 1.82) is 0 Å². The Balaban J connectivity index is 2.63. The number of imidazole rings is 1. The summed E-state index contributed by atoms with van der Waals surface area (Å²) in [6.07, 6.45) is 4.01. The number of H-pyrrole nitrogens is 1. The summed E-state index contributed by atoms with van der Waals surface area (Å²) < 4.78 is 4.84. The topological polar surface area (TPSA) is 55.0 Å². The summed E-state index contributed by atoms with van der Waals surface area (Å²) >= 11 is 0. The van der Waals surface area contributed by atoms with Crippen LogP contribution >= 0.6 is 0 Å². The number of carbonyl (C=O) groups excluding carboxylic acids is 1. The highest BCUT2D eigenvalue weighted by Crippen LogP contribution is 2.08. The highest BCUT2D eigenvalue weighted by molar-refractivity contribution is 5.60. The lowest BCUT2D eigenvalue weighted by Crippen LogP contribution is -2.07. The Hall–Kier alpha value is -1.16. The molecule has 1 aromatic heterocycles. The molecule has 4 heteroatoms. The smallest absolute Gasteiger partial charge is 0.131 e. The van der Waals surface area contributed by atoms with Crippen LogP contribution in [-0.4, -0.2) is 30.0 Å². The van der Waals surface area contributed by atoms with Crippen molar-refractivity contribution in [3.63, 3.8) is 0 Å².